The third-order valence-electron chi connectivity index (χ3n) is 4.41. The Morgan fingerprint density at radius 1 is 1.04 bits per heavy atom. The van der Waals surface area contributed by atoms with Gasteiger partial charge in [-0.25, -0.2) is 0 Å². The Labute approximate surface area is 156 Å². The number of carbonyl (C=O) groups is 1. The van der Waals surface area contributed by atoms with Crippen molar-refractivity contribution in [1.29, 1.82) is 0 Å². The highest BCUT2D eigenvalue weighted by Crippen LogP contribution is 2.29. The summed E-state index contributed by atoms with van der Waals surface area (Å²) >= 11 is 0. The van der Waals surface area contributed by atoms with Crippen molar-refractivity contribution in [2.45, 2.75) is 6.54 Å². The van der Waals surface area contributed by atoms with E-state index in [9.17, 15) is 4.79 Å². The molecule has 1 N–H and O–H groups in total. The number of nitrogens with zero attached hydrogens (tertiary/aromatic N) is 1. The zero-order valence-corrected chi connectivity index (χ0v) is 14.8. The Balaban J connectivity index is 1.59. The lowest BCUT2D eigenvalue weighted by atomic mass is 10.1. The molecule has 0 bridgehead atoms. The van der Waals surface area contributed by atoms with Crippen LogP contribution in [0.2, 0.25) is 0 Å². The monoisotopic (exact) mass is 358 g/mol. The smallest absolute Gasteiger partial charge is 0.251 e. The summed E-state index contributed by atoms with van der Waals surface area (Å²) in [4.78, 5) is 12.6. The highest BCUT2D eigenvalue weighted by molar-refractivity contribution is 6.00. The van der Waals surface area contributed by atoms with Gasteiger partial charge in [-0.05, 0) is 24.3 Å². The number of ether oxygens (including phenoxy) is 1. The summed E-state index contributed by atoms with van der Waals surface area (Å²) in [5, 5.41) is 7.84. The highest BCUT2D eigenvalue weighted by atomic mass is 16.5. The molecule has 0 saturated heterocycles. The SMILES string of the molecule is COc1ccccc1CNC(=O)c1ccc2noc(-c3ccccc3)c2c1. The number of hydrogen-bond donors (Lipinski definition) is 1. The van der Waals surface area contributed by atoms with Crippen LogP contribution in [-0.2, 0) is 6.54 Å². The summed E-state index contributed by atoms with van der Waals surface area (Å²) in [6.45, 7) is 0.385. The second-order valence-electron chi connectivity index (χ2n) is 6.10. The number of benzene rings is 3. The average Bonchev–Trinajstić information content (AvgIpc) is 3.16. The fourth-order valence-electron chi connectivity index (χ4n) is 3.01. The number of para-hydroxylation sites is 1. The quantitative estimate of drug-likeness (QED) is 0.573. The number of carbonyl (C=O) groups excluding carboxylic acids is 1. The van der Waals surface area contributed by atoms with E-state index >= 15 is 0 Å². The van der Waals surface area contributed by atoms with E-state index in [4.69, 9.17) is 9.26 Å². The maximum absolute atomic E-state index is 12.6. The van der Waals surface area contributed by atoms with Crippen LogP contribution < -0.4 is 10.1 Å². The topological polar surface area (TPSA) is 64.4 Å². The maximum Gasteiger partial charge on any atom is 0.251 e. The molecule has 1 amide bonds. The molecule has 1 aromatic heterocycles. The molecule has 0 fully saturated rings. The van der Waals surface area contributed by atoms with Gasteiger partial charge in [0.05, 0.1) is 12.5 Å². The largest absolute Gasteiger partial charge is 0.496 e. The molecular weight excluding hydrogens is 340 g/mol. The van der Waals surface area contributed by atoms with Crippen molar-refractivity contribution in [2.75, 3.05) is 7.11 Å². The van der Waals surface area contributed by atoms with Crippen molar-refractivity contribution in [3.63, 3.8) is 0 Å². The van der Waals surface area contributed by atoms with Gasteiger partial charge >= 0.3 is 0 Å². The Morgan fingerprint density at radius 3 is 2.63 bits per heavy atom. The Morgan fingerprint density at radius 2 is 1.81 bits per heavy atom. The van der Waals surface area contributed by atoms with Crippen LogP contribution in [-0.4, -0.2) is 18.2 Å². The molecule has 5 nitrogen and oxygen atoms in total. The first kappa shape index (κ1) is 16.8. The zero-order valence-electron chi connectivity index (χ0n) is 14.8. The molecule has 4 aromatic rings. The minimum Gasteiger partial charge on any atom is -0.496 e. The van der Waals surface area contributed by atoms with Crippen molar-refractivity contribution < 1.29 is 14.1 Å². The number of rotatable bonds is 5. The Hall–Kier alpha value is -3.60. The first-order chi connectivity index (χ1) is 13.3. The lowest BCUT2D eigenvalue weighted by Crippen LogP contribution is -2.23. The summed E-state index contributed by atoms with van der Waals surface area (Å²) in [7, 11) is 1.62. The molecule has 27 heavy (non-hydrogen) atoms. The first-order valence-electron chi connectivity index (χ1n) is 8.61. The van der Waals surface area contributed by atoms with E-state index in [0.717, 1.165) is 27.8 Å². The van der Waals surface area contributed by atoms with E-state index in [1.807, 2.05) is 60.7 Å². The summed E-state index contributed by atoms with van der Waals surface area (Å²) in [5.41, 5.74) is 3.11. The van der Waals surface area contributed by atoms with Crippen LogP contribution in [0.25, 0.3) is 22.2 Å². The molecule has 0 aliphatic rings. The molecule has 3 aromatic carbocycles. The van der Waals surface area contributed by atoms with Gasteiger partial charge in [0.2, 0.25) is 0 Å². The second-order valence-corrected chi connectivity index (χ2v) is 6.10. The van der Waals surface area contributed by atoms with Crippen LogP contribution in [0.3, 0.4) is 0 Å². The highest BCUT2D eigenvalue weighted by Gasteiger charge is 2.14. The van der Waals surface area contributed by atoms with Crippen molar-refractivity contribution >= 4 is 16.8 Å². The van der Waals surface area contributed by atoms with Crippen molar-refractivity contribution in [3.05, 3.63) is 83.9 Å². The van der Waals surface area contributed by atoms with Gasteiger partial charge in [-0.15, -0.1) is 0 Å². The van der Waals surface area contributed by atoms with Crippen LogP contribution in [0.4, 0.5) is 0 Å². The Kier molecular flexibility index (Phi) is 4.58. The van der Waals surface area contributed by atoms with Gasteiger partial charge < -0.3 is 14.6 Å². The third-order valence-corrected chi connectivity index (χ3v) is 4.41. The summed E-state index contributed by atoms with van der Waals surface area (Å²) in [6, 6.07) is 22.7. The molecule has 0 spiro atoms. The Bertz CT molecular complexity index is 1090. The molecule has 0 aliphatic heterocycles. The van der Waals surface area contributed by atoms with Crippen molar-refractivity contribution in [1.82, 2.24) is 10.5 Å². The predicted molar refractivity (Wildman–Crippen MR) is 104 cm³/mol. The fourth-order valence-corrected chi connectivity index (χ4v) is 3.01. The molecule has 0 saturated carbocycles. The van der Waals surface area contributed by atoms with Crippen molar-refractivity contribution in [2.24, 2.45) is 0 Å². The van der Waals surface area contributed by atoms with Gasteiger partial charge in [0, 0.05) is 23.2 Å². The number of fused-ring (bicyclic) bond motifs is 1. The van der Waals surface area contributed by atoms with Gasteiger partial charge in [0.25, 0.3) is 5.91 Å². The van der Waals surface area contributed by atoms with Gasteiger partial charge in [-0.1, -0.05) is 53.7 Å². The lowest BCUT2D eigenvalue weighted by molar-refractivity contribution is 0.0951. The maximum atomic E-state index is 12.6. The van der Waals surface area contributed by atoms with Crippen LogP contribution in [0.15, 0.2) is 77.3 Å². The van der Waals surface area contributed by atoms with E-state index in [2.05, 4.69) is 10.5 Å². The van der Waals surface area contributed by atoms with Crippen LogP contribution in [0, 0.1) is 0 Å². The predicted octanol–water partition coefficient (Wildman–Crippen LogP) is 4.43. The standard InChI is InChI=1S/C22H18N2O3/c1-26-20-10-6-5-9-17(20)14-23-22(25)16-11-12-19-18(13-16)21(27-24-19)15-7-3-2-4-8-15/h2-13H,14H2,1H3,(H,23,25). The van der Waals surface area contributed by atoms with Crippen LogP contribution in [0.1, 0.15) is 15.9 Å². The molecule has 0 aliphatic carbocycles. The van der Waals surface area contributed by atoms with E-state index < -0.39 is 0 Å². The number of nitrogens with one attached hydrogen (secondary N) is 1. The molecule has 134 valence electrons. The average molecular weight is 358 g/mol. The molecular formula is C22H18N2O3. The second kappa shape index (κ2) is 7.33. The van der Waals surface area contributed by atoms with Gasteiger partial charge in [-0.2, -0.15) is 0 Å². The molecule has 5 heteroatoms. The third kappa shape index (κ3) is 3.40. The van der Waals surface area contributed by atoms with Crippen LogP contribution >= 0.6 is 0 Å². The van der Waals surface area contributed by atoms with E-state index in [1.54, 1.807) is 19.2 Å². The van der Waals surface area contributed by atoms with Gasteiger partial charge in [0.15, 0.2) is 5.76 Å². The first-order valence-corrected chi connectivity index (χ1v) is 8.61. The van der Waals surface area contributed by atoms with Crippen LogP contribution in [0.5, 0.6) is 5.75 Å². The lowest BCUT2D eigenvalue weighted by Gasteiger charge is -2.09. The summed E-state index contributed by atoms with van der Waals surface area (Å²) in [6.07, 6.45) is 0. The normalized spacial score (nSPS) is 10.7. The van der Waals surface area contributed by atoms with E-state index in [-0.39, 0.29) is 5.91 Å². The molecule has 4 rings (SSSR count). The fraction of sp³-hybridized carbons (Fsp3) is 0.0909. The molecule has 0 atom stereocenters. The molecule has 0 radical (unpaired) electrons. The van der Waals surface area contributed by atoms with Gasteiger partial charge in [-0.3, -0.25) is 4.79 Å². The number of aromatic nitrogens is 1. The molecule has 1 heterocycles. The molecule has 0 unspecified atom stereocenters. The number of amides is 1. The van der Waals surface area contributed by atoms with E-state index in [0.29, 0.717) is 17.9 Å². The minimum atomic E-state index is -0.164. The van der Waals surface area contributed by atoms with Gasteiger partial charge in [0.1, 0.15) is 11.3 Å². The van der Waals surface area contributed by atoms with Crippen molar-refractivity contribution in [3.8, 4) is 17.1 Å². The number of hydrogen-bond acceptors (Lipinski definition) is 4. The van der Waals surface area contributed by atoms with E-state index in [1.165, 1.54) is 0 Å². The summed E-state index contributed by atoms with van der Waals surface area (Å²) in [5.74, 6) is 1.24. The minimum absolute atomic E-state index is 0.164. The number of methoxy groups -OCH3 is 1. The summed E-state index contributed by atoms with van der Waals surface area (Å²) < 4.78 is 10.8. The zero-order chi connectivity index (χ0) is 18.6.